The van der Waals surface area contributed by atoms with Gasteiger partial charge in [0.25, 0.3) is 0 Å². The standard InChI is InChI=1S/C20H36N4O7S/c1-10(2)8-14(19(29)24-16(11(3)4)20(30)31)23-18(28)13(6-7-32-5)22-17(27)12(21)9-15(25)26/h10-14,16H,6-9,21H2,1-5H3,(H,22,27)(H,23,28)(H,24,29)(H,25,26)(H,30,31). The topological polar surface area (TPSA) is 188 Å². The van der Waals surface area contributed by atoms with Crippen molar-refractivity contribution < 1.29 is 34.2 Å². The maximum atomic E-state index is 12.9. The van der Waals surface area contributed by atoms with Gasteiger partial charge in [0.15, 0.2) is 0 Å². The Hall–Kier alpha value is -2.34. The van der Waals surface area contributed by atoms with Crippen LogP contribution in [0.1, 0.15) is 47.0 Å². The molecule has 0 rings (SSSR count). The third kappa shape index (κ3) is 11.3. The first-order valence-corrected chi connectivity index (χ1v) is 11.8. The molecule has 0 aliphatic carbocycles. The molecule has 0 saturated heterocycles. The van der Waals surface area contributed by atoms with Gasteiger partial charge in [0.2, 0.25) is 17.7 Å². The number of hydrogen-bond acceptors (Lipinski definition) is 7. The molecule has 0 bridgehead atoms. The average molecular weight is 477 g/mol. The van der Waals surface area contributed by atoms with Crippen LogP contribution in [0.15, 0.2) is 0 Å². The normalized spacial score (nSPS) is 14.9. The number of amides is 3. The van der Waals surface area contributed by atoms with Crippen LogP contribution >= 0.6 is 11.8 Å². The molecule has 0 fully saturated rings. The van der Waals surface area contributed by atoms with Gasteiger partial charge < -0.3 is 31.9 Å². The van der Waals surface area contributed by atoms with Gasteiger partial charge >= 0.3 is 11.9 Å². The molecular formula is C20H36N4O7S. The summed E-state index contributed by atoms with van der Waals surface area (Å²) < 4.78 is 0. The van der Waals surface area contributed by atoms with Crippen molar-refractivity contribution in [3.05, 3.63) is 0 Å². The highest BCUT2D eigenvalue weighted by Crippen LogP contribution is 2.09. The lowest BCUT2D eigenvalue weighted by molar-refractivity contribution is -0.143. The summed E-state index contributed by atoms with van der Waals surface area (Å²) in [4.78, 5) is 60.1. The van der Waals surface area contributed by atoms with E-state index in [-0.39, 0.29) is 24.7 Å². The minimum Gasteiger partial charge on any atom is -0.481 e. The van der Waals surface area contributed by atoms with Gasteiger partial charge in [-0.05, 0) is 36.7 Å². The Labute approximate surface area is 192 Å². The van der Waals surface area contributed by atoms with Crippen molar-refractivity contribution in [1.82, 2.24) is 16.0 Å². The minimum absolute atomic E-state index is 0.0107. The van der Waals surface area contributed by atoms with Gasteiger partial charge in [0, 0.05) is 0 Å². The zero-order valence-corrected chi connectivity index (χ0v) is 20.0. The van der Waals surface area contributed by atoms with Gasteiger partial charge in [-0.2, -0.15) is 11.8 Å². The van der Waals surface area contributed by atoms with E-state index in [2.05, 4.69) is 16.0 Å². The number of carboxylic acids is 2. The molecule has 0 spiro atoms. The molecule has 0 aromatic rings. The molecule has 11 nitrogen and oxygen atoms in total. The molecule has 4 unspecified atom stereocenters. The molecule has 32 heavy (non-hydrogen) atoms. The predicted molar refractivity (Wildman–Crippen MR) is 121 cm³/mol. The van der Waals surface area contributed by atoms with E-state index >= 15 is 0 Å². The Morgan fingerprint density at radius 1 is 0.875 bits per heavy atom. The zero-order valence-electron chi connectivity index (χ0n) is 19.2. The van der Waals surface area contributed by atoms with Gasteiger partial charge in [0.1, 0.15) is 18.1 Å². The maximum Gasteiger partial charge on any atom is 0.326 e. The van der Waals surface area contributed by atoms with Gasteiger partial charge in [-0.15, -0.1) is 0 Å². The quantitative estimate of drug-likeness (QED) is 0.186. The summed E-state index contributed by atoms with van der Waals surface area (Å²) in [5.41, 5.74) is 5.57. The number of nitrogens with two attached hydrogens (primary N) is 1. The first kappa shape index (κ1) is 29.7. The number of carbonyl (C=O) groups excluding carboxylic acids is 3. The van der Waals surface area contributed by atoms with Gasteiger partial charge in [-0.1, -0.05) is 27.7 Å². The lowest BCUT2D eigenvalue weighted by Crippen LogP contribution is -2.58. The number of thioether (sulfide) groups is 1. The molecule has 4 atom stereocenters. The molecule has 0 aromatic carbocycles. The zero-order chi connectivity index (χ0) is 25.0. The van der Waals surface area contributed by atoms with Crippen molar-refractivity contribution in [2.45, 2.75) is 71.1 Å². The number of rotatable bonds is 15. The summed E-state index contributed by atoms with van der Waals surface area (Å²) in [5, 5.41) is 25.6. The molecule has 0 saturated carbocycles. The monoisotopic (exact) mass is 476 g/mol. The Balaban J connectivity index is 5.46. The fraction of sp³-hybridized carbons (Fsp3) is 0.750. The summed E-state index contributed by atoms with van der Waals surface area (Å²) in [7, 11) is 0. The molecule has 0 radical (unpaired) electrons. The molecule has 0 aliphatic heterocycles. The van der Waals surface area contributed by atoms with Crippen molar-refractivity contribution >= 4 is 41.4 Å². The van der Waals surface area contributed by atoms with Crippen LogP contribution in [0.5, 0.6) is 0 Å². The van der Waals surface area contributed by atoms with Crippen molar-refractivity contribution in [2.75, 3.05) is 12.0 Å². The van der Waals surface area contributed by atoms with Crippen LogP contribution in [0.4, 0.5) is 0 Å². The molecule has 0 aliphatic rings. The molecule has 184 valence electrons. The van der Waals surface area contributed by atoms with Gasteiger partial charge in [-0.25, -0.2) is 4.79 Å². The van der Waals surface area contributed by atoms with Crippen molar-refractivity contribution in [3.63, 3.8) is 0 Å². The SMILES string of the molecule is CSCCC(NC(=O)C(N)CC(=O)O)C(=O)NC(CC(C)C)C(=O)NC(C(=O)O)C(C)C. The number of carbonyl (C=O) groups is 5. The lowest BCUT2D eigenvalue weighted by atomic mass is 10.00. The van der Waals surface area contributed by atoms with Gasteiger partial charge in [0.05, 0.1) is 12.5 Å². The Kier molecular flexibility index (Phi) is 13.6. The van der Waals surface area contributed by atoms with Crippen LogP contribution in [0.2, 0.25) is 0 Å². The number of aliphatic carboxylic acids is 2. The smallest absolute Gasteiger partial charge is 0.326 e. The first-order valence-electron chi connectivity index (χ1n) is 10.4. The van der Waals surface area contributed by atoms with Crippen LogP contribution in [-0.2, 0) is 24.0 Å². The molecule has 7 N–H and O–H groups in total. The number of nitrogens with one attached hydrogen (secondary N) is 3. The summed E-state index contributed by atoms with van der Waals surface area (Å²) >= 11 is 1.44. The predicted octanol–water partition coefficient (Wildman–Crippen LogP) is -0.217. The first-order chi connectivity index (χ1) is 14.8. The Morgan fingerprint density at radius 2 is 1.41 bits per heavy atom. The summed E-state index contributed by atoms with van der Waals surface area (Å²) in [5.74, 6) is -4.32. The van der Waals surface area contributed by atoms with Crippen LogP contribution in [0.3, 0.4) is 0 Å². The van der Waals surface area contributed by atoms with E-state index in [1.165, 1.54) is 11.8 Å². The molecule has 0 aromatic heterocycles. The van der Waals surface area contributed by atoms with Crippen molar-refractivity contribution in [2.24, 2.45) is 17.6 Å². The highest BCUT2D eigenvalue weighted by atomic mass is 32.2. The highest BCUT2D eigenvalue weighted by molar-refractivity contribution is 7.98. The van der Waals surface area contributed by atoms with Crippen LogP contribution < -0.4 is 21.7 Å². The third-order valence-corrected chi connectivity index (χ3v) is 5.19. The van der Waals surface area contributed by atoms with E-state index in [1.807, 2.05) is 20.1 Å². The van der Waals surface area contributed by atoms with Crippen molar-refractivity contribution in [1.29, 1.82) is 0 Å². The lowest BCUT2D eigenvalue weighted by Gasteiger charge is -2.26. The summed E-state index contributed by atoms with van der Waals surface area (Å²) in [6, 6.07) is -4.48. The second-order valence-corrected chi connectivity index (χ2v) is 9.29. The van der Waals surface area contributed by atoms with Crippen molar-refractivity contribution in [3.8, 4) is 0 Å². The van der Waals surface area contributed by atoms with E-state index in [4.69, 9.17) is 10.8 Å². The van der Waals surface area contributed by atoms with Crippen LogP contribution in [0.25, 0.3) is 0 Å². The van der Waals surface area contributed by atoms with E-state index in [9.17, 15) is 29.1 Å². The second kappa shape index (κ2) is 14.7. The van der Waals surface area contributed by atoms with Gasteiger partial charge in [-0.3, -0.25) is 19.2 Å². The fourth-order valence-electron chi connectivity index (χ4n) is 2.81. The molecular weight excluding hydrogens is 440 g/mol. The number of hydrogen-bond donors (Lipinski definition) is 6. The van der Waals surface area contributed by atoms with E-state index in [0.717, 1.165) is 0 Å². The summed E-state index contributed by atoms with van der Waals surface area (Å²) in [6.45, 7) is 7.01. The maximum absolute atomic E-state index is 12.9. The molecule has 12 heteroatoms. The second-order valence-electron chi connectivity index (χ2n) is 8.31. The van der Waals surface area contributed by atoms with Crippen LogP contribution in [-0.4, -0.2) is 76.0 Å². The average Bonchev–Trinajstić information content (AvgIpc) is 2.66. The summed E-state index contributed by atoms with van der Waals surface area (Å²) in [6.07, 6.45) is 1.72. The fourth-order valence-corrected chi connectivity index (χ4v) is 3.28. The molecule has 0 heterocycles. The van der Waals surface area contributed by atoms with E-state index < -0.39 is 60.2 Å². The Bertz CT molecular complexity index is 672. The third-order valence-electron chi connectivity index (χ3n) is 4.55. The van der Waals surface area contributed by atoms with E-state index in [1.54, 1.807) is 13.8 Å². The largest absolute Gasteiger partial charge is 0.481 e. The minimum atomic E-state index is -1.32. The molecule has 3 amide bonds. The highest BCUT2D eigenvalue weighted by Gasteiger charge is 2.31. The van der Waals surface area contributed by atoms with E-state index in [0.29, 0.717) is 5.75 Å². The van der Waals surface area contributed by atoms with Crippen LogP contribution in [0, 0.1) is 11.8 Å². The number of carboxylic acid groups (broad SMARTS) is 2. The Morgan fingerprint density at radius 3 is 1.84 bits per heavy atom.